The highest BCUT2D eigenvalue weighted by molar-refractivity contribution is 4.98. The van der Waals surface area contributed by atoms with Crippen LogP contribution in [0, 0.1) is 5.92 Å². The Morgan fingerprint density at radius 2 is 2.31 bits per heavy atom. The molecule has 1 aromatic heterocycles. The van der Waals surface area contributed by atoms with Crippen LogP contribution in [0.5, 0.6) is 0 Å². The molecule has 0 bridgehead atoms. The minimum Gasteiger partial charge on any atom is -0.347 e. The molecule has 2 rings (SSSR count). The molecule has 0 radical (unpaired) electrons. The lowest BCUT2D eigenvalue weighted by Gasteiger charge is -2.20. The third-order valence-electron chi connectivity index (χ3n) is 3.00. The molecule has 72 valence electrons. The van der Waals surface area contributed by atoms with Crippen molar-refractivity contribution in [1.82, 2.24) is 15.3 Å². The molecule has 1 unspecified atom stereocenters. The van der Waals surface area contributed by atoms with Gasteiger partial charge in [0.15, 0.2) is 0 Å². The molecule has 1 atom stereocenters. The quantitative estimate of drug-likeness (QED) is 0.743. The number of nitrogens with zero attached hydrogens (tertiary/aromatic N) is 1. The summed E-state index contributed by atoms with van der Waals surface area (Å²) in [6.07, 6.45) is 9.16. The van der Waals surface area contributed by atoms with Gasteiger partial charge in [-0.1, -0.05) is 12.8 Å². The van der Waals surface area contributed by atoms with Crippen LogP contribution >= 0.6 is 0 Å². The monoisotopic (exact) mass is 179 g/mol. The third kappa shape index (κ3) is 1.75. The van der Waals surface area contributed by atoms with Crippen molar-refractivity contribution in [2.24, 2.45) is 5.92 Å². The van der Waals surface area contributed by atoms with Crippen LogP contribution in [0.15, 0.2) is 12.4 Å². The van der Waals surface area contributed by atoms with Crippen molar-refractivity contribution in [1.29, 1.82) is 0 Å². The van der Waals surface area contributed by atoms with E-state index in [0.29, 0.717) is 6.04 Å². The first-order valence-corrected chi connectivity index (χ1v) is 5.08. The summed E-state index contributed by atoms with van der Waals surface area (Å²) in [7, 11) is 2.02. The lowest BCUT2D eigenvalue weighted by molar-refractivity contribution is 0.376. The SMILES string of the molecule is CNC(c1ncc[nH]1)C1CCCC1. The summed E-state index contributed by atoms with van der Waals surface area (Å²) < 4.78 is 0. The Bertz CT molecular complexity index is 237. The van der Waals surface area contributed by atoms with Crippen LogP contribution in [-0.4, -0.2) is 17.0 Å². The number of nitrogens with one attached hydrogen (secondary N) is 2. The van der Waals surface area contributed by atoms with Gasteiger partial charge in [0.05, 0.1) is 6.04 Å². The van der Waals surface area contributed by atoms with Crippen molar-refractivity contribution in [3.8, 4) is 0 Å². The average Bonchev–Trinajstić information content (AvgIpc) is 2.76. The molecule has 1 saturated carbocycles. The Kier molecular flexibility index (Phi) is 2.64. The second kappa shape index (κ2) is 3.92. The van der Waals surface area contributed by atoms with Gasteiger partial charge in [0, 0.05) is 12.4 Å². The molecular weight excluding hydrogens is 162 g/mol. The van der Waals surface area contributed by atoms with Gasteiger partial charge in [0.1, 0.15) is 5.82 Å². The van der Waals surface area contributed by atoms with Crippen molar-refractivity contribution in [3.63, 3.8) is 0 Å². The highest BCUT2D eigenvalue weighted by Gasteiger charge is 2.26. The summed E-state index contributed by atoms with van der Waals surface area (Å²) in [6.45, 7) is 0. The van der Waals surface area contributed by atoms with Gasteiger partial charge in [-0.25, -0.2) is 4.98 Å². The fourth-order valence-corrected chi connectivity index (χ4v) is 2.33. The number of rotatable bonds is 3. The van der Waals surface area contributed by atoms with Crippen LogP contribution in [0.3, 0.4) is 0 Å². The maximum Gasteiger partial charge on any atom is 0.123 e. The molecule has 1 fully saturated rings. The molecule has 2 N–H and O–H groups in total. The Hall–Kier alpha value is -0.830. The molecule has 3 heteroatoms. The van der Waals surface area contributed by atoms with E-state index < -0.39 is 0 Å². The largest absolute Gasteiger partial charge is 0.347 e. The maximum atomic E-state index is 4.31. The molecule has 3 nitrogen and oxygen atoms in total. The zero-order valence-electron chi connectivity index (χ0n) is 8.09. The Balaban J connectivity index is 2.08. The summed E-state index contributed by atoms with van der Waals surface area (Å²) in [5.41, 5.74) is 0. The van der Waals surface area contributed by atoms with E-state index in [-0.39, 0.29) is 0 Å². The Morgan fingerprint density at radius 1 is 1.54 bits per heavy atom. The molecule has 0 saturated heterocycles. The van der Waals surface area contributed by atoms with E-state index >= 15 is 0 Å². The van der Waals surface area contributed by atoms with Crippen LogP contribution in [0.4, 0.5) is 0 Å². The summed E-state index contributed by atoms with van der Waals surface area (Å²) in [4.78, 5) is 7.51. The topological polar surface area (TPSA) is 40.7 Å². The van der Waals surface area contributed by atoms with Crippen LogP contribution in [-0.2, 0) is 0 Å². The van der Waals surface area contributed by atoms with Gasteiger partial charge in [-0.05, 0) is 25.8 Å². The number of aromatic nitrogens is 2. The van der Waals surface area contributed by atoms with Crippen LogP contribution < -0.4 is 5.32 Å². The molecule has 0 aliphatic heterocycles. The number of H-pyrrole nitrogens is 1. The van der Waals surface area contributed by atoms with Gasteiger partial charge in [0.25, 0.3) is 0 Å². The number of imidazole rings is 1. The molecule has 0 spiro atoms. The van der Waals surface area contributed by atoms with Crippen molar-refractivity contribution in [3.05, 3.63) is 18.2 Å². The molecule has 1 aliphatic carbocycles. The predicted molar refractivity (Wildman–Crippen MR) is 52.3 cm³/mol. The normalized spacial score (nSPS) is 20.7. The van der Waals surface area contributed by atoms with E-state index in [1.807, 2.05) is 19.4 Å². The molecular formula is C10H17N3. The number of hydrogen-bond donors (Lipinski definition) is 2. The van der Waals surface area contributed by atoms with E-state index in [1.165, 1.54) is 25.7 Å². The second-order valence-electron chi connectivity index (χ2n) is 3.79. The fourth-order valence-electron chi connectivity index (χ4n) is 2.33. The number of hydrogen-bond acceptors (Lipinski definition) is 2. The van der Waals surface area contributed by atoms with Crippen molar-refractivity contribution in [2.75, 3.05) is 7.05 Å². The first-order chi connectivity index (χ1) is 6.42. The summed E-state index contributed by atoms with van der Waals surface area (Å²) >= 11 is 0. The third-order valence-corrected chi connectivity index (χ3v) is 3.00. The first-order valence-electron chi connectivity index (χ1n) is 5.08. The molecule has 1 aliphatic rings. The zero-order chi connectivity index (χ0) is 9.10. The molecule has 13 heavy (non-hydrogen) atoms. The summed E-state index contributed by atoms with van der Waals surface area (Å²) in [6, 6.07) is 0.428. The van der Waals surface area contributed by atoms with Gasteiger partial charge in [-0.3, -0.25) is 0 Å². The van der Waals surface area contributed by atoms with Gasteiger partial charge >= 0.3 is 0 Å². The molecule has 0 aromatic carbocycles. The van der Waals surface area contributed by atoms with Gasteiger partial charge in [-0.2, -0.15) is 0 Å². The van der Waals surface area contributed by atoms with E-state index in [4.69, 9.17) is 0 Å². The van der Waals surface area contributed by atoms with E-state index in [9.17, 15) is 0 Å². The van der Waals surface area contributed by atoms with E-state index in [0.717, 1.165) is 11.7 Å². The van der Waals surface area contributed by atoms with Crippen molar-refractivity contribution < 1.29 is 0 Å². The summed E-state index contributed by atoms with van der Waals surface area (Å²) in [5.74, 6) is 1.87. The Morgan fingerprint density at radius 3 is 2.85 bits per heavy atom. The highest BCUT2D eigenvalue weighted by atomic mass is 15.0. The second-order valence-corrected chi connectivity index (χ2v) is 3.79. The van der Waals surface area contributed by atoms with Gasteiger partial charge in [-0.15, -0.1) is 0 Å². The van der Waals surface area contributed by atoms with E-state index in [1.54, 1.807) is 0 Å². The predicted octanol–water partition coefficient (Wildman–Crippen LogP) is 1.86. The molecule has 0 amide bonds. The Labute approximate surface area is 79.0 Å². The summed E-state index contributed by atoms with van der Waals surface area (Å²) in [5, 5.41) is 3.35. The molecule has 1 heterocycles. The smallest absolute Gasteiger partial charge is 0.123 e. The molecule has 1 aromatic rings. The minimum atomic E-state index is 0.428. The minimum absolute atomic E-state index is 0.428. The maximum absolute atomic E-state index is 4.31. The van der Waals surface area contributed by atoms with Crippen molar-refractivity contribution >= 4 is 0 Å². The fraction of sp³-hybridized carbons (Fsp3) is 0.700. The highest BCUT2D eigenvalue weighted by Crippen LogP contribution is 2.33. The van der Waals surface area contributed by atoms with E-state index in [2.05, 4.69) is 15.3 Å². The first kappa shape index (κ1) is 8.75. The average molecular weight is 179 g/mol. The zero-order valence-corrected chi connectivity index (χ0v) is 8.09. The van der Waals surface area contributed by atoms with Crippen LogP contribution in [0.1, 0.15) is 37.5 Å². The van der Waals surface area contributed by atoms with Crippen LogP contribution in [0.25, 0.3) is 0 Å². The lowest BCUT2D eigenvalue weighted by Crippen LogP contribution is -2.24. The van der Waals surface area contributed by atoms with Crippen molar-refractivity contribution in [2.45, 2.75) is 31.7 Å². The van der Waals surface area contributed by atoms with Gasteiger partial charge in [0.2, 0.25) is 0 Å². The lowest BCUT2D eigenvalue weighted by atomic mass is 9.98. The standard InChI is InChI=1S/C10H17N3/c1-11-9(8-4-2-3-5-8)10-12-6-7-13-10/h6-9,11H,2-5H2,1H3,(H,12,13). The van der Waals surface area contributed by atoms with Crippen LogP contribution in [0.2, 0.25) is 0 Å². The number of aromatic amines is 1. The van der Waals surface area contributed by atoms with Gasteiger partial charge < -0.3 is 10.3 Å².